The van der Waals surface area contributed by atoms with Crippen molar-refractivity contribution in [3.8, 4) is 17.1 Å². The number of pyridine rings is 1. The van der Waals surface area contributed by atoms with Crippen LogP contribution in [0, 0.1) is 0 Å². The van der Waals surface area contributed by atoms with Crippen LogP contribution < -0.4 is 10.8 Å². The Hall–Kier alpha value is -4.67. The van der Waals surface area contributed by atoms with Gasteiger partial charge in [0.15, 0.2) is 5.82 Å². The largest absolute Gasteiger partial charge is 0.341 e. The quantitative estimate of drug-likeness (QED) is 0.165. The molecule has 200 valence electrons. The van der Waals surface area contributed by atoms with Crippen LogP contribution in [-0.4, -0.2) is 70.6 Å². The number of Topliss-reactive ketones (excluding diaryl/α,β-unsaturated/α-hetero) is 1. The highest BCUT2D eigenvalue weighted by atomic mass is 16.7. The van der Waals surface area contributed by atoms with E-state index in [2.05, 4.69) is 20.9 Å². The molecule has 2 aromatic carbocycles. The van der Waals surface area contributed by atoms with Crippen molar-refractivity contribution in [1.82, 2.24) is 30.5 Å². The average molecular weight is 527 g/mol. The fraction of sp³-hybridized carbons (Fsp3) is 0.207. The normalized spacial score (nSPS) is 11.7. The molecule has 0 aliphatic heterocycles. The molecular weight excluding hydrogens is 496 g/mol. The maximum absolute atomic E-state index is 13.5. The Labute approximate surface area is 226 Å². The summed E-state index contributed by atoms with van der Waals surface area (Å²) in [4.78, 5) is 50.5. The van der Waals surface area contributed by atoms with E-state index in [1.165, 1.54) is 4.68 Å². The Balaban J connectivity index is 1.54. The van der Waals surface area contributed by atoms with Crippen LogP contribution >= 0.6 is 0 Å². The van der Waals surface area contributed by atoms with Crippen LogP contribution in [0.4, 0.5) is 0 Å². The van der Waals surface area contributed by atoms with Crippen LogP contribution in [0.5, 0.6) is 0 Å². The van der Waals surface area contributed by atoms with Crippen molar-refractivity contribution in [1.29, 1.82) is 0 Å². The summed E-state index contributed by atoms with van der Waals surface area (Å²) in [6, 6.07) is 22.7. The van der Waals surface area contributed by atoms with E-state index in [-0.39, 0.29) is 18.6 Å². The predicted octanol–water partition coefficient (Wildman–Crippen LogP) is 2.45. The molecule has 4 rings (SSSR count). The van der Waals surface area contributed by atoms with Gasteiger partial charge in [-0.3, -0.25) is 19.2 Å². The van der Waals surface area contributed by atoms with Gasteiger partial charge in [0.05, 0.1) is 17.9 Å². The van der Waals surface area contributed by atoms with E-state index in [1.807, 2.05) is 85.7 Å². The third kappa shape index (κ3) is 7.44. The molecule has 4 aromatic rings. The van der Waals surface area contributed by atoms with E-state index in [1.54, 1.807) is 24.5 Å². The highest BCUT2D eigenvalue weighted by Crippen LogP contribution is 2.19. The molecule has 1 atom stereocenters. The highest BCUT2D eigenvalue weighted by Gasteiger charge is 2.29. The number of likely N-dealkylation sites (N-methyl/N-ethyl adjacent to an activating group) is 1. The van der Waals surface area contributed by atoms with Gasteiger partial charge in [-0.2, -0.15) is 5.10 Å². The van der Waals surface area contributed by atoms with Crippen LogP contribution in [-0.2, 0) is 20.8 Å². The minimum absolute atomic E-state index is 0.117. The smallest absolute Gasteiger partial charge is 0.313 e. The monoisotopic (exact) mass is 526 g/mol. The van der Waals surface area contributed by atoms with Crippen LogP contribution in [0.2, 0.25) is 0 Å². The summed E-state index contributed by atoms with van der Waals surface area (Å²) < 4.78 is 1.51. The van der Waals surface area contributed by atoms with E-state index in [0.717, 1.165) is 16.8 Å². The lowest BCUT2D eigenvalue weighted by atomic mass is 10.0. The minimum atomic E-state index is -1.14. The molecule has 10 nitrogen and oxygen atoms in total. The number of carbonyl (C=O) groups is 3. The summed E-state index contributed by atoms with van der Waals surface area (Å²) in [5.74, 6) is -2.04. The van der Waals surface area contributed by atoms with Crippen molar-refractivity contribution in [2.45, 2.75) is 12.5 Å². The molecule has 0 spiro atoms. The van der Waals surface area contributed by atoms with Gasteiger partial charge in [-0.25, -0.2) is 15.1 Å². The lowest BCUT2D eigenvalue weighted by Crippen LogP contribution is -2.49. The number of hydrogen-bond acceptors (Lipinski definition) is 7. The molecule has 2 aromatic heterocycles. The fourth-order valence-electron chi connectivity index (χ4n) is 3.81. The van der Waals surface area contributed by atoms with Gasteiger partial charge in [0.1, 0.15) is 6.04 Å². The third-order valence-corrected chi connectivity index (χ3v) is 5.84. The van der Waals surface area contributed by atoms with Gasteiger partial charge in [0.2, 0.25) is 5.78 Å². The maximum atomic E-state index is 13.5. The molecule has 0 saturated carbocycles. The van der Waals surface area contributed by atoms with Crippen LogP contribution in [0.15, 0.2) is 91.3 Å². The van der Waals surface area contributed by atoms with E-state index in [0.29, 0.717) is 12.4 Å². The second kappa shape index (κ2) is 13.2. The number of hydroxylamine groups is 1. The van der Waals surface area contributed by atoms with Gasteiger partial charge in [-0.1, -0.05) is 60.7 Å². The van der Waals surface area contributed by atoms with Gasteiger partial charge in [-0.05, 0) is 37.9 Å². The summed E-state index contributed by atoms with van der Waals surface area (Å²) in [7, 11) is 3.72. The van der Waals surface area contributed by atoms with E-state index in [9.17, 15) is 14.4 Å². The average Bonchev–Trinajstić information content (AvgIpc) is 3.46. The van der Waals surface area contributed by atoms with Crippen LogP contribution in [0.3, 0.4) is 0 Å². The third-order valence-electron chi connectivity index (χ3n) is 5.84. The molecule has 1 unspecified atom stereocenters. The van der Waals surface area contributed by atoms with Gasteiger partial charge in [-0.15, -0.1) is 0 Å². The van der Waals surface area contributed by atoms with Crippen molar-refractivity contribution in [2.75, 3.05) is 27.2 Å². The number of benzene rings is 2. The van der Waals surface area contributed by atoms with Gasteiger partial charge in [0, 0.05) is 30.9 Å². The molecule has 2 heterocycles. The SMILES string of the molecule is CN(C)CCONC(=O)C(=O)C(Cc1ccccc1)NC(=O)c1cccnc1-n1ccc(-c2ccccc2)n1. The Morgan fingerprint density at radius 1 is 0.949 bits per heavy atom. The predicted molar refractivity (Wildman–Crippen MR) is 146 cm³/mol. The number of ketones is 1. The van der Waals surface area contributed by atoms with Gasteiger partial charge in [0.25, 0.3) is 5.91 Å². The van der Waals surface area contributed by atoms with E-state index < -0.39 is 23.6 Å². The van der Waals surface area contributed by atoms with Crippen molar-refractivity contribution in [2.24, 2.45) is 0 Å². The molecule has 0 saturated heterocycles. The maximum Gasteiger partial charge on any atom is 0.313 e. The molecular formula is C29H30N6O4. The van der Waals surface area contributed by atoms with Crippen LogP contribution in [0.1, 0.15) is 15.9 Å². The number of amides is 2. The fourth-order valence-corrected chi connectivity index (χ4v) is 3.81. The number of nitrogens with zero attached hydrogens (tertiary/aromatic N) is 4. The Kier molecular flexibility index (Phi) is 9.28. The molecule has 2 N–H and O–H groups in total. The van der Waals surface area contributed by atoms with Gasteiger partial charge >= 0.3 is 5.91 Å². The molecule has 10 heteroatoms. The molecule has 39 heavy (non-hydrogen) atoms. The number of aromatic nitrogens is 3. The zero-order valence-electron chi connectivity index (χ0n) is 21.8. The summed E-state index contributed by atoms with van der Waals surface area (Å²) in [6.07, 6.45) is 3.39. The first kappa shape index (κ1) is 27.4. The van der Waals surface area contributed by atoms with Crippen LogP contribution in [0.25, 0.3) is 17.1 Å². The first-order chi connectivity index (χ1) is 18.9. The lowest BCUT2D eigenvalue weighted by molar-refractivity contribution is -0.147. The summed E-state index contributed by atoms with van der Waals surface area (Å²) >= 11 is 0. The molecule has 2 amide bonds. The number of rotatable bonds is 12. The second-order valence-electron chi connectivity index (χ2n) is 9.05. The van der Waals surface area contributed by atoms with E-state index in [4.69, 9.17) is 4.84 Å². The zero-order valence-corrected chi connectivity index (χ0v) is 21.8. The van der Waals surface area contributed by atoms with Gasteiger partial charge < -0.3 is 10.2 Å². The summed E-state index contributed by atoms with van der Waals surface area (Å²) in [5.41, 5.74) is 4.80. The van der Waals surface area contributed by atoms with Crippen molar-refractivity contribution >= 4 is 17.6 Å². The standard InChI is InChI=1S/C29H30N6O4/c1-34(2)18-19-39-33-29(38)26(36)25(20-21-10-5-3-6-11-21)31-28(37)23-14-9-16-30-27(23)35-17-15-24(32-35)22-12-7-4-8-13-22/h3-17,25H,18-20H2,1-2H3,(H,31,37)(H,33,38). The van der Waals surface area contributed by atoms with Crippen molar-refractivity contribution < 1.29 is 19.2 Å². The summed E-state index contributed by atoms with van der Waals surface area (Å²) in [5, 5.41) is 7.31. The first-order valence-corrected chi connectivity index (χ1v) is 12.4. The second-order valence-corrected chi connectivity index (χ2v) is 9.05. The Morgan fingerprint density at radius 2 is 1.67 bits per heavy atom. The Bertz CT molecular complexity index is 1410. The number of carbonyl (C=O) groups excluding carboxylic acids is 3. The highest BCUT2D eigenvalue weighted by molar-refractivity contribution is 6.38. The Morgan fingerprint density at radius 3 is 2.38 bits per heavy atom. The lowest BCUT2D eigenvalue weighted by Gasteiger charge is -2.18. The number of hydrogen-bond donors (Lipinski definition) is 2. The topological polar surface area (TPSA) is 118 Å². The molecule has 0 bridgehead atoms. The molecule has 0 aliphatic rings. The summed E-state index contributed by atoms with van der Waals surface area (Å²) in [6.45, 7) is 0.761. The molecule has 0 fully saturated rings. The van der Waals surface area contributed by atoms with Crippen molar-refractivity contribution in [3.63, 3.8) is 0 Å². The first-order valence-electron chi connectivity index (χ1n) is 12.4. The van der Waals surface area contributed by atoms with Crippen molar-refractivity contribution in [3.05, 3.63) is 102 Å². The van der Waals surface area contributed by atoms with E-state index >= 15 is 0 Å². The zero-order chi connectivity index (χ0) is 27.6. The molecule has 0 radical (unpaired) electrons. The number of nitrogens with one attached hydrogen (secondary N) is 2. The molecule has 0 aliphatic carbocycles. The minimum Gasteiger partial charge on any atom is -0.341 e.